The summed E-state index contributed by atoms with van der Waals surface area (Å²) in [5.74, 6) is -0.0649. The van der Waals surface area contributed by atoms with Gasteiger partial charge in [0, 0.05) is 30.3 Å². The van der Waals surface area contributed by atoms with Gasteiger partial charge >= 0.3 is 0 Å². The highest BCUT2D eigenvalue weighted by Gasteiger charge is 2.48. The molecule has 0 fully saturated rings. The van der Waals surface area contributed by atoms with Crippen LogP contribution in [-0.2, 0) is 31.5 Å². The van der Waals surface area contributed by atoms with Crippen LogP contribution in [0.3, 0.4) is 0 Å². The molecule has 1 N–H and O–H groups in total. The Morgan fingerprint density at radius 3 is 1.53 bits per heavy atom. The van der Waals surface area contributed by atoms with Gasteiger partial charge in [0.25, 0.3) is 0 Å². The van der Waals surface area contributed by atoms with E-state index in [-0.39, 0.29) is 40.9 Å². The molecule has 0 aromatic heterocycles. The second-order valence-electron chi connectivity index (χ2n) is 17.4. The second kappa shape index (κ2) is 19.5. The van der Waals surface area contributed by atoms with Crippen LogP contribution in [0.4, 0.5) is 0 Å². The quantitative estimate of drug-likeness (QED) is 0.130. The van der Waals surface area contributed by atoms with Gasteiger partial charge in [-0.15, -0.1) is 0 Å². The summed E-state index contributed by atoms with van der Waals surface area (Å²) in [4.78, 5) is 0. The zero-order chi connectivity index (χ0) is 37.2. The van der Waals surface area contributed by atoms with Gasteiger partial charge in [-0.3, -0.25) is 0 Å². The van der Waals surface area contributed by atoms with E-state index in [0.29, 0.717) is 43.1 Å². The van der Waals surface area contributed by atoms with Crippen LogP contribution in [0.25, 0.3) is 0 Å². The minimum Gasteiger partial charge on any atom is -0.416 e. The first-order valence-corrected chi connectivity index (χ1v) is 24.1. The molecule has 0 saturated carbocycles. The number of aliphatic hydroxyl groups excluding tert-OH is 1. The summed E-state index contributed by atoms with van der Waals surface area (Å²) < 4.78 is 27.6. The van der Waals surface area contributed by atoms with Crippen molar-refractivity contribution in [3.63, 3.8) is 0 Å². The van der Waals surface area contributed by atoms with E-state index in [0.717, 1.165) is 11.1 Å². The average Bonchev–Trinajstić information content (AvgIpc) is 3.03. The summed E-state index contributed by atoms with van der Waals surface area (Å²) in [5, 5.41) is 11.9. The molecule has 0 aliphatic rings. The Balaban J connectivity index is 2.44. The summed E-state index contributed by atoms with van der Waals surface area (Å²) in [6, 6.07) is 20.6. The predicted molar refractivity (Wildman–Crippen MR) is 213 cm³/mol. The Morgan fingerprint density at radius 2 is 1.08 bits per heavy atom. The smallest absolute Gasteiger partial charge is 0.200 e. The van der Waals surface area contributed by atoms with E-state index < -0.39 is 22.7 Å². The molecule has 280 valence electrons. The van der Waals surface area contributed by atoms with Gasteiger partial charge in [-0.05, 0) is 45.9 Å². The third-order valence-corrected chi connectivity index (χ3v) is 22.1. The highest BCUT2D eigenvalue weighted by molar-refractivity contribution is 6.77. The number of ether oxygens (including phenoxy) is 2. The minimum absolute atomic E-state index is 0.00624. The van der Waals surface area contributed by atoms with Crippen molar-refractivity contribution in [2.75, 3.05) is 13.2 Å². The lowest BCUT2D eigenvalue weighted by atomic mass is 9.79. The highest BCUT2D eigenvalue weighted by Crippen LogP contribution is 2.44. The van der Waals surface area contributed by atoms with E-state index >= 15 is 0 Å². The molecule has 5 nitrogen and oxygen atoms in total. The van der Waals surface area contributed by atoms with Crippen molar-refractivity contribution in [1.82, 2.24) is 0 Å². The number of aliphatic hydroxyl groups is 1. The predicted octanol–water partition coefficient (Wildman–Crippen LogP) is 11.3. The molecule has 0 amide bonds. The number of benzene rings is 2. The zero-order valence-electron chi connectivity index (χ0n) is 34.0. The second-order valence-corrected chi connectivity index (χ2v) is 27.6. The van der Waals surface area contributed by atoms with Crippen molar-refractivity contribution in [2.45, 2.75) is 156 Å². The molecule has 0 spiro atoms. The minimum atomic E-state index is -2.18. The molecule has 0 aliphatic carbocycles. The SMILES string of the molecule is CC(C)[Si](OC[C@@H](C)[C@H](O[Si](C)(C)C(C)(C)C)[C@H](C)[C@@H](OCc1ccccc1)[C@@H](C)[C@H](O)[C@H](C)COCc1ccccc1)(C(C)C)C(C)C. The molecule has 2 aromatic carbocycles. The molecule has 7 atom stereocenters. The Hall–Kier alpha value is -1.33. The molecule has 49 heavy (non-hydrogen) atoms. The van der Waals surface area contributed by atoms with Crippen LogP contribution in [0.15, 0.2) is 60.7 Å². The van der Waals surface area contributed by atoms with Gasteiger partial charge in [0.05, 0.1) is 38.1 Å². The average molecular weight is 715 g/mol. The van der Waals surface area contributed by atoms with E-state index in [2.05, 4.69) is 140 Å². The maximum atomic E-state index is 11.9. The Bertz CT molecular complexity index is 1160. The van der Waals surface area contributed by atoms with Gasteiger partial charge in [-0.25, -0.2) is 0 Å². The first-order valence-electron chi connectivity index (χ1n) is 19.0. The third-order valence-electron chi connectivity index (χ3n) is 11.6. The third kappa shape index (κ3) is 12.1. The molecule has 0 bridgehead atoms. The van der Waals surface area contributed by atoms with E-state index in [4.69, 9.17) is 18.3 Å². The molecular weight excluding hydrogens is 641 g/mol. The number of rotatable bonds is 21. The summed E-state index contributed by atoms with van der Waals surface area (Å²) >= 11 is 0. The standard InChI is InChI=1S/C42H74O5Si2/c1-30(2)49(31(3)4,32(5)6)46-27-34(8)40(47-48(14,15)42(11,12)13)36(10)41(45-29-38-24-20-17-21-25-38)35(9)39(43)33(7)26-44-28-37-22-18-16-19-23-37/h16-25,30-36,39-41,43H,26-29H2,1-15H3/t33-,34-,35+,36+,39-,40+,41+/m1/s1. The molecule has 2 aromatic rings. The van der Waals surface area contributed by atoms with E-state index in [1.54, 1.807) is 0 Å². The molecule has 0 saturated heterocycles. The Labute approximate surface area is 304 Å². The highest BCUT2D eigenvalue weighted by atomic mass is 28.4. The van der Waals surface area contributed by atoms with Crippen molar-refractivity contribution in [2.24, 2.45) is 23.7 Å². The number of hydrogen-bond acceptors (Lipinski definition) is 5. The van der Waals surface area contributed by atoms with Crippen molar-refractivity contribution in [3.05, 3.63) is 71.8 Å². The zero-order valence-corrected chi connectivity index (χ0v) is 36.0. The molecule has 0 aliphatic heterocycles. The topological polar surface area (TPSA) is 57.2 Å². The number of hydrogen-bond donors (Lipinski definition) is 1. The summed E-state index contributed by atoms with van der Waals surface area (Å²) in [7, 11) is -4.26. The molecular formula is C42H74O5Si2. The van der Waals surface area contributed by atoms with E-state index in [9.17, 15) is 5.11 Å². The molecule has 7 heteroatoms. The fraction of sp³-hybridized carbons (Fsp3) is 0.714. The first-order chi connectivity index (χ1) is 22.8. The largest absolute Gasteiger partial charge is 0.416 e. The Morgan fingerprint density at radius 1 is 0.612 bits per heavy atom. The maximum Gasteiger partial charge on any atom is 0.200 e. The van der Waals surface area contributed by atoms with Crippen LogP contribution in [0.5, 0.6) is 0 Å². The fourth-order valence-corrected chi connectivity index (χ4v) is 14.6. The van der Waals surface area contributed by atoms with Crippen LogP contribution in [0.2, 0.25) is 34.8 Å². The Kier molecular flexibility index (Phi) is 17.4. The van der Waals surface area contributed by atoms with Gasteiger partial charge in [-0.1, -0.05) is 151 Å². The van der Waals surface area contributed by atoms with Gasteiger partial charge < -0.3 is 23.4 Å². The van der Waals surface area contributed by atoms with Crippen molar-refractivity contribution >= 4 is 16.6 Å². The van der Waals surface area contributed by atoms with Gasteiger partial charge in [0.2, 0.25) is 0 Å². The first kappa shape index (κ1) is 43.8. The molecule has 2 rings (SSSR count). The summed E-state index contributed by atoms with van der Waals surface area (Å²) in [6.07, 6.45) is -0.951. The summed E-state index contributed by atoms with van der Waals surface area (Å²) in [5.41, 5.74) is 3.80. The molecule has 0 heterocycles. The monoisotopic (exact) mass is 715 g/mol. The van der Waals surface area contributed by atoms with Crippen molar-refractivity contribution < 1.29 is 23.4 Å². The van der Waals surface area contributed by atoms with E-state index in [1.807, 2.05) is 24.3 Å². The molecule has 0 radical (unpaired) electrons. The van der Waals surface area contributed by atoms with Crippen molar-refractivity contribution in [1.29, 1.82) is 0 Å². The van der Waals surface area contributed by atoms with Crippen LogP contribution >= 0.6 is 0 Å². The van der Waals surface area contributed by atoms with Crippen molar-refractivity contribution in [3.8, 4) is 0 Å². The van der Waals surface area contributed by atoms with Crippen LogP contribution < -0.4 is 0 Å². The lowest BCUT2D eigenvalue weighted by Gasteiger charge is -2.47. The molecule has 0 unspecified atom stereocenters. The fourth-order valence-electron chi connectivity index (χ4n) is 7.61. The van der Waals surface area contributed by atoms with Gasteiger partial charge in [-0.2, -0.15) is 0 Å². The van der Waals surface area contributed by atoms with Crippen LogP contribution in [-0.4, -0.2) is 53.3 Å². The van der Waals surface area contributed by atoms with Gasteiger partial charge in [0.15, 0.2) is 16.6 Å². The van der Waals surface area contributed by atoms with Gasteiger partial charge in [0.1, 0.15) is 0 Å². The normalized spacial score (nSPS) is 17.6. The van der Waals surface area contributed by atoms with Crippen LogP contribution in [0.1, 0.15) is 101 Å². The lowest BCUT2D eigenvalue weighted by molar-refractivity contribution is -0.113. The maximum absolute atomic E-state index is 11.9. The van der Waals surface area contributed by atoms with E-state index in [1.165, 1.54) is 0 Å². The lowest BCUT2D eigenvalue weighted by Crippen LogP contribution is -2.53. The summed E-state index contributed by atoms with van der Waals surface area (Å²) in [6.45, 7) is 36.7. The van der Waals surface area contributed by atoms with Crippen LogP contribution in [0, 0.1) is 23.7 Å².